The zero-order chi connectivity index (χ0) is 49.1. The first kappa shape index (κ1) is 51.1. The lowest BCUT2D eigenvalue weighted by molar-refractivity contribution is -0.151. The van der Waals surface area contributed by atoms with Crippen LogP contribution in [0.5, 0.6) is 11.5 Å². The molecule has 4 atom stereocenters. The number of imide groups is 1. The minimum absolute atomic E-state index is 0.0324. The SMILES string of the molecule is CNC(=O)N1N=C(c2ccc(C(=O)NCCOCCOCC(=O)N[C@H](C(=O)N(Cc3ccc(-c4scnc4C)cc3)C(=O)[C@@H]3C[C@@H](O)CN3)C(C)(C)C)cc2)c2cc(OC)c(OC)cc2C[C@@H]1C. The molecule has 364 valence electrons. The second-order valence-electron chi connectivity index (χ2n) is 17.7. The Balaban J connectivity index is 0.984. The van der Waals surface area contributed by atoms with Crippen LogP contribution >= 0.6 is 11.3 Å². The van der Waals surface area contributed by atoms with E-state index < -0.39 is 41.3 Å². The average Bonchev–Trinajstić information content (AvgIpc) is 3.94. The van der Waals surface area contributed by atoms with Crippen LogP contribution in [-0.2, 0) is 36.8 Å². The third-order valence-electron chi connectivity index (χ3n) is 11.6. The van der Waals surface area contributed by atoms with Gasteiger partial charge in [-0.2, -0.15) is 5.10 Å². The first-order valence-electron chi connectivity index (χ1n) is 22.5. The van der Waals surface area contributed by atoms with Crippen LogP contribution in [0.4, 0.5) is 4.79 Å². The summed E-state index contributed by atoms with van der Waals surface area (Å²) in [7, 11) is 4.67. The molecule has 3 aromatic carbocycles. The van der Waals surface area contributed by atoms with E-state index in [9.17, 15) is 29.1 Å². The van der Waals surface area contributed by atoms with Crippen LogP contribution in [0.3, 0.4) is 0 Å². The molecule has 0 radical (unpaired) electrons. The van der Waals surface area contributed by atoms with E-state index in [1.54, 1.807) is 71.8 Å². The number of aliphatic hydroxyl groups is 1. The van der Waals surface area contributed by atoms with E-state index in [0.717, 1.165) is 37.7 Å². The Morgan fingerprint density at radius 1 is 0.956 bits per heavy atom. The molecule has 6 rings (SSSR count). The highest BCUT2D eigenvalue weighted by Gasteiger charge is 2.41. The number of aryl methyl sites for hydroxylation is 1. The Labute approximate surface area is 400 Å². The Bertz CT molecular complexity index is 2450. The van der Waals surface area contributed by atoms with Gasteiger partial charge in [-0.1, -0.05) is 57.2 Å². The number of benzene rings is 3. The highest BCUT2D eigenvalue weighted by Crippen LogP contribution is 2.35. The number of amides is 6. The van der Waals surface area contributed by atoms with Gasteiger partial charge >= 0.3 is 6.03 Å². The maximum atomic E-state index is 14.3. The fourth-order valence-electron chi connectivity index (χ4n) is 7.94. The lowest BCUT2D eigenvalue weighted by atomic mass is 9.85. The number of fused-ring (bicyclic) bond motifs is 1. The van der Waals surface area contributed by atoms with Crippen molar-refractivity contribution in [2.75, 3.05) is 60.8 Å². The summed E-state index contributed by atoms with van der Waals surface area (Å²) in [6.45, 7) is 9.68. The van der Waals surface area contributed by atoms with Crippen LogP contribution in [0.15, 0.2) is 71.3 Å². The number of nitrogens with zero attached hydrogens (tertiary/aromatic N) is 4. The maximum Gasteiger partial charge on any atom is 0.337 e. The number of nitrogens with one attached hydrogen (secondary N) is 4. The van der Waals surface area contributed by atoms with Crippen LogP contribution in [0.2, 0.25) is 0 Å². The average molecular weight is 955 g/mol. The van der Waals surface area contributed by atoms with Crippen LogP contribution in [0.1, 0.15) is 72.4 Å². The molecule has 6 amide bonds. The molecule has 18 nitrogen and oxygen atoms in total. The molecule has 1 saturated heterocycles. The smallest absolute Gasteiger partial charge is 0.337 e. The summed E-state index contributed by atoms with van der Waals surface area (Å²) < 4.78 is 22.3. The van der Waals surface area contributed by atoms with E-state index in [0.29, 0.717) is 34.8 Å². The summed E-state index contributed by atoms with van der Waals surface area (Å²) >= 11 is 1.53. The fraction of sp³-hybridized carbons (Fsp3) is 0.449. The maximum absolute atomic E-state index is 14.3. The van der Waals surface area contributed by atoms with Gasteiger partial charge in [-0.25, -0.2) is 14.8 Å². The van der Waals surface area contributed by atoms with Crippen LogP contribution in [-0.4, -0.2) is 140 Å². The van der Waals surface area contributed by atoms with Crippen molar-refractivity contribution in [3.63, 3.8) is 0 Å². The number of rotatable bonds is 18. The van der Waals surface area contributed by atoms with Gasteiger partial charge in [0.05, 0.1) is 80.6 Å². The summed E-state index contributed by atoms with van der Waals surface area (Å²) in [6.07, 6.45) is -0.0361. The number of urea groups is 1. The molecule has 0 bridgehead atoms. The van der Waals surface area contributed by atoms with Gasteiger partial charge in [0.25, 0.3) is 11.8 Å². The number of hydrogen-bond donors (Lipinski definition) is 5. The van der Waals surface area contributed by atoms with E-state index in [1.807, 2.05) is 50.2 Å². The molecule has 0 unspecified atom stereocenters. The number of hydrogen-bond acceptors (Lipinski definition) is 14. The topological polar surface area (TPSA) is 222 Å². The molecule has 1 aromatic heterocycles. The lowest BCUT2D eigenvalue weighted by Gasteiger charge is -2.35. The number of carbonyl (C=O) groups excluding carboxylic acids is 5. The van der Waals surface area contributed by atoms with Gasteiger partial charge in [-0.05, 0) is 73.1 Å². The number of thiazole rings is 1. The molecule has 0 aliphatic carbocycles. The van der Waals surface area contributed by atoms with Crippen molar-refractivity contribution in [2.24, 2.45) is 10.5 Å². The number of methoxy groups -OCH3 is 2. The van der Waals surface area contributed by atoms with Gasteiger partial charge in [0.2, 0.25) is 11.8 Å². The molecule has 0 saturated carbocycles. The second-order valence-corrected chi connectivity index (χ2v) is 18.6. The normalized spacial score (nSPS) is 17.3. The van der Waals surface area contributed by atoms with Gasteiger partial charge in [-0.3, -0.25) is 24.1 Å². The van der Waals surface area contributed by atoms with E-state index >= 15 is 0 Å². The monoisotopic (exact) mass is 954 g/mol. The van der Waals surface area contributed by atoms with Gasteiger partial charge in [0, 0.05) is 36.8 Å². The molecule has 5 N–H and O–H groups in total. The number of aliphatic hydroxyl groups excluding tert-OH is 1. The van der Waals surface area contributed by atoms with E-state index in [4.69, 9.17) is 24.0 Å². The quantitative estimate of drug-likeness (QED) is 0.0893. The van der Waals surface area contributed by atoms with Crippen LogP contribution < -0.4 is 30.7 Å². The minimum atomic E-state index is -1.08. The molecule has 2 aliphatic rings. The van der Waals surface area contributed by atoms with E-state index in [2.05, 4.69) is 26.3 Å². The van der Waals surface area contributed by atoms with Gasteiger partial charge in [0.1, 0.15) is 12.6 Å². The Hall–Kier alpha value is -6.25. The van der Waals surface area contributed by atoms with E-state index in [1.165, 1.54) is 16.3 Å². The number of aromatic nitrogens is 1. The van der Waals surface area contributed by atoms with Crippen LogP contribution in [0, 0.1) is 12.3 Å². The second kappa shape index (κ2) is 23.2. The predicted octanol–water partition coefficient (Wildman–Crippen LogP) is 4.05. The summed E-state index contributed by atoms with van der Waals surface area (Å²) in [4.78, 5) is 73.9. The van der Waals surface area contributed by atoms with Crippen molar-refractivity contribution < 1.29 is 48.0 Å². The zero-order valence-corrected chi connectivity index (χ0v) is 40.7. The fourth-order valence-corrected chi connectivity index (χ4v) is 8.75. The third-order valence-corrected chi connectivity index (χ3v) is 12.6. The molecular weight excluding hydrogens is 893 g/mol. The molecule has 2 aliphatic heterocycles. The molecule has 3 heterocycles. The van der Waals surface area contributed by atoms with Crippen molar-refractivity contribution in [3.05, 3.63) is 99.7 Å². The van der Waals surface area contributed by atoms with Crippen molar-refractivity contribution in [1.82, 2.24) is 36.2 Å². The number of hydrazone groups is 1. The molecule has 4 aromatic rings. The molecule has 68 heavy (non-hydrogen) atoms. The molecule has 19 heteroatoms. The number of β-amino-alcohol motifs (C(OH)–C–C–N with tert-alkyl or cyclic N) is 1. The van der Waals surface area contributed by atoms with Gasteiger partial charge < -0.3 is 45.3 Å². The molecule has 0 spiro atoms. The first-order chi connectivity index (χ1) is 32.5. The van der Waals surface area contributed by atoms with Crippen molar-refractivity contribution in [1.29, 1.82) is 0 Å². The summed E-state index contributed by atoms with van der Waals surface area (Å²) in [6, 6.07) is 15.8. The van der Waals surface area contributed by atoms with E-state index in [-0.39, 0.29) is 70.5 Å². The van der Waals surface area contributed by atoms with Crippen molar-refractivity contribution >= 4 is 46.7 Å². The molecular formula is C49H62N8O10S. The Kier molecular flexibility index (Phi) is 17.4. The first-order valence-corrected chi connectivity index (χ1v) is 23.3. The lowest BCUT2D eigenvalue weighted by Crippen LogP contribution is -2.58. The van der Waals surface area contributed by atoms with Gasteiger partial charge in [-0.15, -0.1) is 11.3 Å². The van der Waals surface area contributed by atoms with Crippen LogP contribution in [0.25, 0.3) is 10.4 Å². The van der Waals surface area contributed by atoms with Crippen molar-refractivity contribution in [3.8, 4) is 21.9 Å². The summed E-state index contributed by atoms with van der Waals surface area (Å²) in [5.74, 6) is -0.840. The summed E-state index contributed by atoms with van der Waals surface area (Å²) in [5.41, 5.74) is 6.92. The standard InChI is InChI=1S/C49H62N8O10S/c1-29-21-35-22-39(64-7)40(65-8)24-37(35)42(55-57(29)48(63)50-6)32-13-15-34(16-14-32)45(60)51-17-18-66-19-20-67-27-41(59)54-44(49(3,4)5)47(62)56(46(61)38-23-36(58)25-52-38)26-31-9-11-33(12-10-31)43-30(2)53-28-68-43/h9-16,22,24,28-29,36,38,44,52,58H,17-21,23,25-27H2,1-8H3,(H,50,63)(H,51,60)(H,54,59)/t29-,36+,38-,44+/m0/s1. The predicted molar refractivity (Wildman–Crippen MR) is 257 cm³/mol. The van der Waals surface area contributed by atoms with Gasteiger partial charge in [0.15, 0.2) is 11.5 Å². The molecule has 1 fully saturated rings. The number of ether oxygens (including phenoxy) is 4. The Morgan fingerprint density at radius 2 is 1.63 bits per heavy atom. The third kappa shape index (κ3) is 12.6. The highest BCUT2D eigenvalue weighted by atomic mass is 32.1. The zero-order valence-electron chi connectivity index (χ0n) is 39.8. The minimum Gasteiger partial charge on any atom is -0.493 e. The highest BCUT2D eigenvalue weighted by molar-refractivity contribution is 7.13. The van der Waals surface area contributed by atoms with Crippen molar-refractivity contribution in [2.45, 2.75) is 78.2 Å². The Morgan fingerprint density at radius 3 is 2.25 bits per heavy atom. The number of carbonyl (C=O) groups is 5. The summed E-state index contributed by atoms with van der Waals surface area (Å²) in [5, 5.41) is 27.7. The largest absolute Gasteiger partial charge is 0.493 e.